The molecule has 0 N–H and O–H groups in total. The van der Waals surface area contributed by atoms with Crippen LogP contribution in [0.15, 0.2) is 35.9 Å². The van der Waals surface area contributed by atoms with Crippen LogP contribution in [0.5, 0.6) is 5.75 Å². The van der Waals surface area contributed by atoms with Gasteiger partial charge in [-0.25, -0.2) is 0 Å². The first-order valence-electron chi connectivity index (χ1n) is 12.8. The zero-order chi connectivity index (χ0) is 22.5. The summed E-state index contributed by atoms with van der Waals surface area (Å²) in [5.41, 5.74) is 3.45. The first kappa shape index (κ1) is 22.2. The minimum atomic E-state index is 0.243. The van der Waals surface area contributed by atoms with Gasteiger partial charge in [0.05, 0.1) is 19.8 Å². The third kappa shape index (κ3) is 3.56. The van der Waals surface area contributed by atoms with Crippen LogP contribution >= 0.6 is 0 Å². The molecule has 4 aliphatic carbocycles. The molecule has 3 nitrogen and oxygen atoms in total. The fourth-order valence-electron chi connectivity index (χ4n) is 8.37. The molecule has 5 rings (SSSR count). The Balaban J connectivity index is 1.27. The van der Waals surface area contributed by atoms with Gasteiger partial charge in [0.25, 0.3) is 0 Å². The smallest absolute Gasteiger partial charge is 0.133 e. The van der Waals surface area contributed by atoms with E-state index in [1.165, 1.54) is 37.7 Å². The molecule has 32 heavy (non-hydrogen) atoms. The van der Waals surface area contributed by atoms with Crippen LogP contribution in [0.4, 0.5) is 0 Å². The Kier molecular flexibility index (Phi) is 5.76. The summed E-state index contributed by atoms with van der Waals surface area (Å²) in [6.45, 7) is 7.50. The maximum Gasteiger partial charge on any atom is 0.133 e. The van der Waals surface area contributed by atoms with Gasteiger partial charge < -0.3 is 9.47 Å². The lowest BCUT2D eigenvalue weighted by Crippen LogP contribution is -2.51. The Morgan fingerprint density at radius 3 is 2.53 bits per heavy atom. The van der Waals surface area contributed by atoms with Gasteiger partial charge in [-0.05, 0) is 105 Å². The fourth-order valence-corrected chi connectivity index (χ4v) is 8.37. The molecule has 7 unspecified atom stereocenters. The molecule has 0 radical (unpaired) electrons. The molecule has 4 aliphatic rings. The molecule has 1 aromatic rings. The quantitative estimate of drug-likeness (QED) is 0.479. The number of carbonyl (C=O) groups is 1. The van der Waals surface area contributed by atoms with Gasteiger partial charge in [0.1, 0.15) is 11.5 Å². The zero-order valence-corrected chi connectivity index (χ0v) is 20.4. The Labute approximate surface area is 194 Å². The molecule has 0 bridgehead atoms. The zero-order valence-electron chi connectivity index (χ0n) is 20.4. The van der Waals surface area contributed by atoms with E-state index in [0.717, 1.165) is 42.8 Å². The molecule has 0 amide bonds. The van der Waals surface area contributed by atoms with E-state index in [1.54, 1.807) is 12.7 Å². The van der Waals surface area contributed by atoms with Crippen LogP contribution in [0.1, 0.15) is 77.7 Å². The molecular formula is C29H40O3. The standard InChI is InChI=1S/C29H40O3/c1-19(30)25-11-12-26-24-10-7-21-17-23(32-18-20-5-8-22(31-4)9-6-20)13-15-28(21,2)27(24)14-16-29(25,26)3/h5-9,23-27H,10-18H2,1-4H3. The number of ketones is 1. The van der Waals surface area contributed by atoms with Crippen molar-refractivity contribution in [3.8, 4) is 5.75 Å². The second kappa shape index (κ2) is 8.31. The number of hydrogen-bond acceptors (Lipinski definition) is 3. The summed E-state index contributed by atoms with van der Waals surface area (Å²) in [7, 11) is 1.70. The summed E-state index contributed by atoms with van der Waals surface area (Å²) in [6.07, 6.45) is 12.5. The van der Waals surface area contributed by atoms with Crippen molar-refractivity contribution >= 4 is 5.78 Å². The molecule has 3 heteroatoms. The second-order valence-corrected chi connectivity index (χ2v) is 11.6. The van der Waals surface area contributed by atoms with Gasteiger partial charge >= 0.3 is 0 Å². The normalized spacial score (nSPS) is 40.6. The first-order chi connectivity index (χ1) is 15.3. The lowest BCUT2D eigenvalue weighted by Gasteiger charge is -2.58. The maximum absolute atomic E-state index is 12.4. The Bertz CT molecular complexity index is 886. The summed E-state index contributed by atoms with van der Waals surface area (Å²) >= 11 is 0. The van der Waals surface area contributed by atoms with Gasteiger partial charge in [-0.2, -0.15) is 0 Å². The average Bonchev–Trinajstić information content (AvgIpc) is 3.15. The van der Waals surface area contributed by atoms with E-state index in [1.807, 2.05) is 19.1 Å². The van der Waals surface area contributed by atoms with Crippen LogP contribution in [0.25, 0.3) is 0 Å². The van der Waals surface area contributed by atoms with Gasteiger partial charge in [-0.3, -0.25) is 4.79 Å². The van der Waals surface area contributed by atoms with Crippen molar-refractivity contribution in [2.45, 2.75) is 84.8 Å². The lowest BCUT2D eigenvalue weighted by molar-refractivity contribution is -0.127. The molecule has 0 aliphatic heterocycles. The number of carbonyl (C=O) groups excluding carboxylic acids is 1. The van der Waals surface area contributed by atoms with Crippen LogP contribution in [0, 0.1) is 34.5 Å². The van der Waals surface area contributed by atoms with E-state index in [0.29, 0.717) is 29.8 Å². The highest BCUT2D eigenvalue weighted by Gasteiger charge is 2.59. The summed E-state index contributed by atoms with van der Waals surface area (Å²) in [5, 5.41) is 0. The summed E-state index contributed by atoms with van der Waals surface area (Å²) < 4.78 is 11.6. The average molecular weight is 437 g/mol. The third-order valence-corrected chi connectivity index (χ3v) is 10.2. The predicted molar refractivity (Wildman–Crippen MR) is 127 cm³/mol. The molecule has 0 spiro atoms. The third-order valence-electron chi connectivity index (χ3n) is 10.2. The number of hydrogen-bond donors (Lipinski definition) is 0. The van der Waals surface area contributed by atoms with Gasteiger partial charge in [0, 0.05) is 5.92 Å². The molecule has 174 valence electrons. The fraction of sp³-hybridized carbons (Fsp3) is 0.690. The lowest BCUT2D eigenvalue weighted by atomic mass is 9.47. The van der Waals surface area contributed by atoms with Crippen molar-refractivity contribution in [1.82, 2.24) is 0 Å². The van der Waals surface area contributed by atoms with E-state index in [-0.39, 0.29) is 5.41 Å². The van der Waals surface area contributed by atoms with E-state index < -0.39 is 0 Å². The van der Waals surface area contributed by atoms with Gasteiger partial charge in [-0.1, -0.05) is 37.6 Å². The molecule has 3 saturated carbocycles. The predicted octanol–water partition coefficient (Wildman–Crippen LogP) is 6.75. The summed E-state index contributed by atoms with van der Waals surface area (Å²) in [6, 6.07) is 8.23. The molecular weight excluding hydrogens is 396 g/mol. The van der Waals surface area contributed by atoms with Crippen molar-refractivity contribution in [2.75, 3.05) is 7.11 Å². The van der Waals surface area contributed by atoms with E-state index in [4.69, 9.17) is 9.47 Å². The maximum atomic E-state index is 12.4. The largest absolute Gasteiger partial charge is 0.497 e. The van der Waals surface area contributed by atoms with Crippen molar-refractivity contribution in [2.24, 2.45) is 34.5 Å². The second-order valence-electron chi connectivity index (χ2n) is 11.6. The monoisotopic (exact) mass is 436 g/mol. The highest BCUT2D eigenvalue weighted by atomic mass is 16.5. The minimum Gasteiger partial charge on any atom is -0.497 e. The van der Waals surface area contributed by atoms with E-state index in [9.17, 15) is 4.79 Å². The highest BCUT2D eigenvalue weighted by Crippen LogP contribution is 2.66. The number of Topliss-reactive ketones (excluding diaryl/α,β-unsaturated/α-hetero) is 1. The topological polar surface area (TPSA) is 35.5 Å². The van der Waals surface area contributed by atoms with Crippen LogP contribution in [-0.4, -0.2) is 19.0 Å². The van der Waals surface area contributed by atoms with Crippen molar-refractivity contribution < 1.29 is 14.3 Å². The Morgan fingerprint density at radius 1 is 1.03 bits per heavy atom. The van der Waals surface area contributed by atoms with E-state index in [2.05, 4.69) is 32.1 Å². The van der Waals surface area contributed by atoms with Crippen LogP contribution < -0.4 is 4.74 Å². The van der Waals surface area contributed by atoms with Gasteiger partial charge in [-0.15, -0.1) is 0 Å². The Hall–Kier alpha value is -1.61. The van der Waals surface area contributed by atoms with Crippen LogP contribution in [0.2, 0.25) is 0 Å². The number of methoxy groups -OCH3 is 1. The molecule has 0 aromatic heterocycles. The van der Waals surface area contributed by atoms with Crippen LogP contribution in [-0.2, 0) is 16.1 Å². The summed E-state index contributed by atoms with van der Waals surface area (Å²) in [5.74, 6) is 3.91. The number of ether oxygens (including phenoxy) is 2. The number of fused-ring (bicyclic) bond motifs is 5. The molecule has 0 heterocycles. The van der Waals surface area contributed by atoms with E-state index >= 15 is 0 Å². The SMILES string of the molecule is COc1ccc(COC2CCC3(C)C(=CCC4C3CCC3(C)C(C(C)=O)CCC43)C2)cc1. The Morgan fingerprint density at radius 2 is 1.81 bits per heavy atom. The highest BCUT2D eigenvalue weighted by molar-refractivity contribution is 5.79. The minimum absolute atomic E-state index is 0.243. The van der Waals surface area contributed by atoms with Crippen molar-refractivity contribution in [3.05, 3.63) is 41.5 Å². The molecule has 3 fully saturated rings. The molecule has 7 atom stereocenters. The number of rotatable bonds is 5. The first-order valence-corrected chi connectivity index (χ1v) is 12.8. The summed E-state index contributed by atoms with van der Waals surface area (Å²) in [4.78, 5) is 12.4. The van der Waals surface area contributed by atoms with Crippen molar-refractivity contribution in [3.63, 3.8) is 0 Å². The molecule has 1 aromatic carbocycles. The van der Waals surface area contributed by atoms with Gasteiger partial charge in [0.2, 0.25) is 0 Å². The van der Waals surface area contributed by atoms with Crippen LogP contribution in [0.3, 0.4) is 0 Å². The van der Waals surface area contributed by atoms with Crippen molar-refractivity contribution in [1.29, 1.82) is 0 Å². The number of benzene rings is 1. The molecule has 0 saturated heterocycles. The van der Waals surface area contributed by atoms with Gasteiger partial charge in [0.15, 0.2) is 0 Å². The number of allylic oxidation sites excluding steroid dienone is 1.